The number of sulfonamides is 1. The van der Waals surface area contributed by atoms with Crippen LogP contribution in [0.4, 0.5) is 11.4 Å². The molecule has 20 heavy (non-hydrogen) atoms. The topological polar surface area (TPSA) is 128 Å². The number of aromatic nitrogens is 1. The van der Waals surface area contributed by atoms with Crippen molar-refractivity contribution in [1.29, 1.82) is 0 Å². The van der Waals surface area contributed by atoms with Crippen molar-refractivity contribution >= 4 is 32.7 Å². The Morgan fingerprint density at radius 1 is 1.45 bits per heavy atom. The van der Waals surface area contributed by atoms with Crippen molar-refractivity contribution < 1.29 is 13.3 Å². The minimum Gasteiger partial charge on any atom is -0.393 e. The molecule has 0 aliphatic rings. The van der Waals surface area contributed by atoms with Crippen LogP contribution in [0.15, 0.2) is 34.8 Å². The van der Waals surface area contributed by atoms with E-state index in [1.165, 1.54) is 11.3 Å². The first-order valence-electron chi connectivity index (χ1n) is 5.31. The lowest BCUT2D eigenvalue weighted by molar-refractivity contribution is -0.383. The fourth-order valence-corrected chi connectivity index (χ4v) is 3.11. The zero-order valence-corrected chi connectivity index (χ0v) is 11.6. The van der Waals surface area contributed by atoms with Gasteiger partial charge in [-0.2, -0.15) is 0 Å². The maximum Gasteiger partial charge on any atom is 0.292 e. The summed E-state index contributed by atoms with van der Waals surface area (Å²) in [5.41, 5.74) is 6.53. The van der Waals surface area contributed by atoms with Crippen molar-refractivity contribution in [1.82, 2.24) is 9.71 Å². The summed E-state index contributed by atoms with van der Waals surface area (Å²) < 4.78 is 26.4. The summed E-state index contributed by atoms with van der Waals surface area (Å²) in [6, 6.07) is 3.27. The van der Waals surface area contributed by atoms with E-state index in [2.05, 4.69) is 9.71 Å². The molecule has 0 bridgehead atoms. The molecule has 2 aromatic rings. The Balaban J connectivity index is 2.21. The Bertz CT molecular complexity index is 728. The Labute approximate surface area is 118 Å². The van der Waals surface area contributed by atoms with E-state index in [0.717, 1.165) is 23.1 Å². The maximum absolute atomic E-state index is 12.0. The SMILES string of the molecule is Nc1cc(S(=O)(=O)NCc2cncs2)ccc1[N+](=O)[O-]. The first-order chi connectivity index (χ1) is 9.40. The van der Waals surface area contributed by atoms with E-state index >= 15 is 0 Å². The smallest absolute Gasteiger partial charge is 0.292 e. The van der Waals surface area contributed by atoms with Crippen LogP contribution in [0.1, 0.15) is 4.88 Å². The van der Waals surface area contributed by atoms with Crippen LogP contribution in [0.3, 0.4) is 0 Å². The van der Waals surface area contributed by atoms with Gasteiger partial charge in [-0.15, -0.1) is 11.3 Å². The lowest BCUT2D eigenvalue weighted by Crippen LogP contribution is -2.23. The molecule has 3 N–H and O–H groups in total. The highest BCUT2D eigenvalue weighted by atomic mass is 32.2. The van der Waals surface area contributed by atoms with Crippen LogP contribution in [-0.2, 0) is 16.6 Å². The Morgan fingerprint density at radius 3 is 2.75 bits per heavy atom. The normalized spacial score (nSPS) is 11.4. The highest BCUT2D eigenvalue weighted by Gasteiger charge is 2.19. The number of hydrogen-bond donors (Lipinski definition) is 2. The molecule has 0 amide bonds. The fraction of sp³-hybridized carbons (Fsp3) is 0.100. The van der Waals surface area contributed by atoms with Gasteiger partial charge < -0.3 is 5.73 Å². The molecule has 1 heterocycles. The number of anilines is 1. The Morgan fingerprint density at radius 2 is 2.20 bits per heavy atom. The minimum atomic E-state index is -3.78. The van der Waals surface area contributed by atoms with Gasteiger partial charge in [0, 0.05) is 23.7 Å². The van der Waals surface area contributed by atoms with Crippen molar-refractivity contribution in [2.75, 3.05) is 5.73 Å². The van der Waals surface area contributed by atoms with Crippen molar-refractivity contribution in [3.05, 3.63) is 44.9 Å². The van der Waals surface area contributed by atoms with Crippen molar-refractivity contribution in [3.63, 3.8) is 0 Å². The van der Waals surface area contributed by atoms with Gasteiger partial charge in [0.1, 0.15) is 5.69 Å². The molecule has 10 heteroatoms. The molecule has 0 saturated carbocycles. The highest BCUT2D eigenvalue weighted by Crippen LogP contribution is 2.24. The van der Waals surface area contributed by atoms with Gasteiger partial charge in [0.2, 0.25) is 10.0 Å². The van der Waals surface area contributed by atoms with E-state index in [1.807, 2.05) is 0 Å². The average Bonchev–Trinajstić information content (AvgIpc) is 2.89. The molecule has 0 fully saturated rings. The molecule has 0 unspecified atom stereocenters. The van der Waals surface area contributed by atoms with Crippen LogP contribution in [0, 0.1) is 10.1 Å². The fourth-order valence-electron chi connectivity index (χ4n) is 1.44. The molecule has 0 radical (unpaired) electrons. The van der Waals surface area contributed by atoms with E-state index in [4.69, 9.17) is 5.73 Å². The third-order valence-corrected chi connectivity index (χ3v) is 4.60. The number of rotatable bonds is 5. The van der Waals surface area contributed by atoms with Gasteiger partial charge in [0.25, 0.3) is 5.69 Å². The average molecular weight is 314 g/mol. The zero-order valence-electron chi connectivity index (χ0n) is 10.0. The highest BCUT2D eigenvalue weighted by molar-refractivity contribution is 7.89. The third kappa shape index (κ3) is 3.10. The van der Waals surface area contributed by atoms with E-state index in [-0.39, 0.29) is 22.8 Å². The summed E-state index contributed by atoms with van der Waals surface area (Å²) in [6.45, 7) is 0.101. The van der Waals surface area contributed by atoms with Crippen molar-refractivity contribution in [2.45, 2.75) is 11.4 Å². The molecule has 106 valence electrons. The maximum atomic E-state index is 12.0. The number of nitrogens with one attached hydrogen (secondary N) is 1. The summed E-state index contributed by atoms with van der Waals surface area (Å²) in [6.07, 6.45) is 1.55. The van der Waals surface area contributed by atoms with Gasteiger partial charge in [-0.1, -0.05) is 0 Å². The second-order valence-electron chi connectivity index (χ2n) is 3.77. The van der Waals surface area contributed by atoms with Gasteiger partial charge in [-0.05, 0) is 12.1 Å². The predicted octanol–water partition coefficient (Wildman–Crippen LogP) is 1.11. The first kappa shape index (κ1) is 14.4. The quantitative estimate of drug-likeness (QED) is 0.483. The van der Waals surface area contributed by atoms with E-state index in [0.29, 0.717) is 0 Å². The van der Waals surface area contributed by atoms with E-state index in [1.54, 1.807) is 11.7 Å². The van der Waals surface area contributed by atoms with E-state index < -0.39 is 14.9 Å². The molecule has 1 aromatic carbocycles. The number of nitrogens with zero attached hydrogens (tertiary/aromatic N) is 2. The van der Waals surface area contributed by atoms with Gasteiger partial charge in [-0.25, -0.2) is 13.1 Å². The van der Waals surface area contributed by atoms with Crippen LogP contribution in [-0.4, -0.2) is 18.3 Å². The number of nitrogens with two attached hydrogens (primary N) is 1. The lowest BCUT2D eigenvalue weighted by Gasteiger charge is -2.06. The molecule has 0 aliphatic carbocycles. The standard InChI is InChI=1S/C10H10N4O4S2/c11-9-3-8(1-2-10(9)14(15)16)20(17,18)13-5-7-4-12-6-19-7/h1-4,6,13H,5,11H2. The summed E-state index contributed by atoms with van der Waals surface area (Å²) in [5, 5.41) is 10.6. The van der Waals surface area contributed by atoms with Gasteiger partial charge >= 0.3 is 0 Å². The minimum absolute atomic E-state index is 0.101. The molecular weight excluding hydrogens is 304 g/mol. The number of thiazole rings is 1. The van der Waals surface area contributed by atoms with Gasteiger partial charge in [0.15, 0.2) is 0 Å². The molecule has 0 atom stereocenters. The number of nitrogen functional groups attached to an aromatic ring is 1. The summed E-state index contributed by atoms with van der Waals surface area (Å²) in [5.74, 6) is 0. The molecular formula is C10H10N4O4S2. The van der Waals surface area contributed by atoms with Gasteiger partial charge in [0.05, 0.1) is 15.3 Å². The zero-order chi connectivity index (χ0) is 14.8. The third-order valence-electron chi connectivity index (χ3n) is 2.43. The Hall–Kier alpha value is -2.04. The molecule has 8 nitrogen and oxygen atoms in total. The Kier molecular flexibility index (Phi) is 3.97. The first-order valence-corrected chi connectivity index (χ1v) is 7.67. The van der Waals surface area contributed by atoms with Crippen LogP contribution in [0.5, 0.6) is 0 Å². The molecule has 1 aromatic heterocycles. The number of hydrogen-bond acceptors (Lipinski definition) is 7. The van der Waals surface area contributed by atoms with Crippen LogP contribution >= 0.6 is 11.3 Å². The number of nitro benzene ring substituents is 1. The molecule has 2 rings (SSSR count). The lowest BCUT2D eigenvalue weighted by atomic mass is 10.3. The number of nitro groups is 1. The monoisotopic (exact) mass is 314 g/mol. The van der Waals surface area contributed by atoms with Crippen molar-refractivity contribution in [2.24, 2.45) is 0 Å². The van der Waals surface area contributed by atoms with Crippen LogP contribution in [0.2, 0.25) is 0 Å². The number of benzene rings is 1. The second-order valence-corrected chi connectivity index (χ2v) is 6.51. The summed E-state index contributed by atoms with van der Waals surface area (Å²) >= 11 is 1.32. The van der Waals surface area contributed by atoms with Gasteiger partial charge in [-0.3, -0.25) is 15.1 Å². The largest absolute Gasteiger partial charge is 0.393 e. The predicted molar refractivity (Wildman–Crippen MR) is 73.6 cm³/mol. The van der Waals surface area contributed by atoms with E-state index in [9.17, 15) is 18.5 Å². The van der Waals surface area contributed by atoms with Crippen molar-refractivity contribution in [3.8, 4) is 0 Å². The van der Waals surface area contributed by atoms with Crippen LogP contribution < -0.4 is 10.5 Å². The summed E-state index contributed by atoms with van der Waals surface area (Å²) in [7, 11) is -3.78. The summed E-state index contributed by atoms with van der Waals surface area (Å²) in [4.78, 5) is 14.4. The molecule has 0 saturated heterocycles. The molecule has 0 aliphatic heterocycles. The molecule has 0 spiro atoms. The second kappa shape index (κ2) is 5.53. The van der Waals surface area contributed by atoms with Crippen LogP contribution in [0.25, 0.3) is 0 Å².